The molecule has 1 N–H and O–H groups in total. The molecule has 0 aliphatic rings. The van der Waals surface area contributed by atoms with E-state index in [0.717, 1.165) is 16.5 Å². The van der Waals surface area contributed by atoms with Crippen LogP contribution in [0.1, 0.15) is 10.4 Å². The van der Waals surface area contributed by atoms with E-state index >= 15 is 0 Å². The molecular formula is C18H15NO4. The monoisotopic (exact) mass is 309 g/mol. The predicted octanol–water partition coefficient (Wildman–Crippen LogP) is 3.62. The second-order valence-electron chi connectivity index (χ2n) is 4.98. The number of aromatic nitrogens is 1. The summed E-state index contributed by atoms with van der Waals surface area (Å²) in [6.07, 6.45) is 1.73. The van der Waals surface area contributed by atoms with Gasteiger partial charge in [-0.05, 0) is 35.9 Å². The topological polar surface area (TPSA) is 68.7 Å². The lowest BCUT2D eigenvalue weighted by Gasteiger charge is -2.14. The standard InChI is InChI=1S/C18H15NO4/c1-22-16-10-13(18(20)21)9-14(17(16)23-2)11-5-6-15-12(8-11)4-3-7-19-15/h3-10H,1-2H3,(H,20,21). The highest BCUT2D eigenvalue weighted by molar-refractivity contribution is 5.93. The molecule has 1 heterocycles. The Hall–Kier alpha value is -3.08. The van der Waals surface area contributed by atoms with E-state index in [1.54, 1.807) is 12.3 Å². The summed E-state index contributed by atoms with van der Waals surface area (Å²) in [4.78, 5) is 15.6. The van der Waals surface area contributed by atoms with Crippen molar-refractivity contribution in [3.8, 4) is 22.6 Å². The van der Waals surface area contributed by atoms with Crippen molar-refractivity contribution in [3.63, 3.8) is 0 Å². The first kappa shape index (κ1) is 14.8. The molecule has 3 aromatic rings. The number of rotatable bonds is 4. The molecule has 3 rings (SSSR count). The van der Waals surface area contributed by atoms with E-state index in [1.807, 2.05) is 30.3 Å². The third kappa shape index (κ3) is 2.68. The van der Waals surface area contributed by atoms with E-state index in [1.165, 1.54) is 20.3 Å². The largest absolute Gasteiger partial charge is 0.493 e. The average molecular weight is 309 g/mol. The van der Waals surface area contributed by atoms with Gasteiger partial charge in [-0.2, -0.15) is 0 Å². The molecule has 0 saturated carbocycles. The Kier molecular flexibility index (Phi) is 3.85. The molecule has 2 aromatic carbocycles. The van der Waals surface area contributed by atoms with Crippen molar-refractivity contribution in [3.05, 3.63) is 54.2 Å². The fraction of sp³-hybridized carbons (Fsp3) is 0.111. The summed E-state index contributed by atoms with van der Waals surface area (Å²) < 4.78 is 10.7. The molecule has 0 radical (unpaired) electrons. The van der Waals surface area contributed by atoms with Crippen molar-refractivity contribution in [2.24, 2.45) is 0 Å². The Morgan fingerprint density at radius 3 is 2.61 bits per heavy atom. The number of fused-ring (bicyclic) bond motifs is 1. The number of aromatic carboxylic acids is 1. The van der Waals surface area contributed by atoms with Crippen molar-refractivity contribution >= 4 is 16.9 Å². The van der Waals surface area contributed by atoms with Gasteiger partial charge in [-0.3, -0.25) is 4.98 Å². The SMILES string of the molecule is COc1cc(C(=O)O)cc(-c2ccc3ncccc3c2)c1OC. The summed E-state index contributed by atoms with van der Waals surface area (Å²) in [6, 6.07) is 12.6. The van der Waals surface area contributed by atoms with Crippen LogP contribution in [0.4, 0.5) is 0 Å². The Labute approximate surface area is 133 Å². The molecule has 0 saturated heterocycles. The smallest absolute Gasteiger partial charge is 0.335 e. The number of benzene rings is 2. The fourth-order valence-electron chi connectivity index (χ4n) is 2.55. The number of hydrogen-bond donors (Lipinski definition) is 1. The highest BCUT2D eigenvalue weighted by atomic mass is 16.5. The predicted molar refractivity (Wildman–Crippen MR) is 87.2 cm³/mol. The van der Waals surface area contributed by atoms with Crippen LogP contribution in [0.3, 0.4) is 0 Å². The first-order valence-electron chi connectivity index (χ1n) is 6.98. The number of ether oxygens (including phenoxy) is 2. The van der Waals surface area contributed by atoms with Gasteiger partial charge >= 0.3 is 5.97 Å². The van der Waals surface area contributed by atoms with E-state index < -0.39 is 5.97 Å². The molecular weight excluding hydrogens is 294 g/mol. The zero-order valence-electron chi connectivity index (χ0n) is 12.7. The number of pyridine rings is 1. The van der Waals surface area contributed by atoms with Crippen LogP contribution in [-0.4, -0.2) is 30.3 Å². The summed E-state index contributed by atoms with van der Waals surface area (Å²) in [5.41, 5.74) is 2.51. The van der Waals surface area contributed by atoms with Gasteiger partial charge in [-0.1, -0.05) is 12.1 Å². The summed E-state index contributed by atoms with van der Waals surface area (Å²) >= 11 is 0. The van der Waals surface area contributed by atoms with Gasteiger partial charge < -0.3 is 14.6 Å². The summed E-state index contributed by atoms with van der Waals surface area (Å²) in [5.74, 6) is -0.135. The minimum Gasteiger partial charge on any atom is -0.493 e. The van der Waals surface area contributed by atoms with E-state index in [0.29, 0.717) is 17.1 Å². The van der Waals surface area contributed by atoms with Crippen molar-refractivity contribution in [1.29, 1.82) is 0 Å². The number of hydrogen-bond acceptors (Lipinski definition) is 4. The molecule has 116 valence electrons. The second kappa shape index (κ2) is 5.96. The molecule has 5 nitrogen and oxygen atoms in total. The first-order chi connectivity index (χ1) is 11.1. The Morgan fingerprint density at radius 2 is 1.91 bits per heavy atom. The number of nitrogens with zero attached hydrogens (tertiary/aromatic N) is 1. The maximum atomic E-state index is 11.4. The number of carboxylic acid groups (broad SMARTS) is 1. The number of methoxy groups -OCH3 is 2. The molecule has 5 heteroatoms. The van der Waals surface area contributed by atoms with Gasteiger partial charge in [0.25, 0.3) is 0 Å². The van der Waals surface area contributed by atoms with Crippen LogP contribution in [0.5, 0.6) is 11.5 Å². The molecule has 0 atom stereocenters. The van der Waals surface area contributed by atoms with Crippen molar-refractivity contribution in [2.45, 2.75) is 0 Å². The lowest BCUT2D eigenvalue weighted by molar-refractivity contribution is 0.0696. The Bertz CT molecular complexity index is 889. The third-order valence-electron chi connectivity index (χ3n) is 3.64. The van der Waals surface area contributed by atoms with Crippen molar-refractivity contribution < 1.29 is 19.4 Å². The zero-order valence-corrected chi connectivity index (χ0v) is 12.7. The van der Waals surface area contributed by atoms with E-state index in [9.17, 15) is 9.90 Å². The average Bonchev–Trinajstić information content (AvgIpc) is 2.59. The summed E-state index contributed by atoms with van der Waals surface area (Å²) in [5, 5.41) is 10.3. The van der Waals surface area contributed by atoms with Crippen LogP contribution < -0.4 is 9.47 Å². The second-order valence-corrected chi connectivity index (χ2v) is 4.98. The van der Waals surface area contributed by atoms with Crippen LogP contribution in [0.25, 0.3) is 22.0 Å². The molecule has 0 fully saturated rings. The van der Waals surface area contributed by atoms with Crippen LogP contribution in [0, 0.1) is 0 Å². The van der Waals surface area contributed by atoms with Gasteiger partial charge in [-0.25, -0.2) is 4.79 Å². The van der Waals surface area contributed by atoms with Gasteiger partial charge in [-0.15, -0.1) is 0 Å². The molecule has 0 amide bonds. The van der Waals surface area contributed by atoms with Crippen LogP contribution >= 0.6 is 0 Å². The molecule has 1 aromatic heterocycles. The van der Waals surface area contributed by atoms with Crippen LogP contribution in [-0.2, 0) is 0 Å². The van der Waals surface area contributed by atoms with Gasteiger partial charge in [0.1, 0.15) is 0 Å². The molecule has 0 aliphatic carbocycles. The van der Waals surface area contributed by atoms with Gasteiger partial charge in [0.2, 0.25) is 0 Å². The van der Waals surface area contributed by atoms with Crippen molar-refractivity contribution in [2.75, 3.05) is 14.2 Å². The van der Waals surface area contributed by atoms with E-state index in [-0.39, 0.29) is 5.56 Å². The normalized spacial score (nSPS) is 10.5. The Balaban J connectivity index is 2.26. The number of carboxylic acids is 1. The molecule has 23 heavy (non-hydrogen) atoms. The maximum Gasteiger partial charge on any atom is 0.335 e. The maximum absolute atomic E-state index is 11.4. The van der Waals surface area contributed by atoms with E-state index in [2.05, 4.69) is 4.98 Å². The van der Waals surface area contributed by atoms with Gasteiger partial charge in [0.05, 0.1) is 25.3 Å². The quantitative estimate of drug-likeness (QED) is 0.797. The lowest BCUT2D eigenvalue weighted by Crippen LogP contribution is -2.01. The van der Waals surface area contributed by atoms with E-state index in [4.69, 9.17) is 9.47 Å². The highest BCUT2D eigenvalue weighted by Crippen LogP contribution is 2.40. The summed E-state index contributed by atoms with van der Waals surface area (Å²) in [7, 11) is 3.02. The molecule has 0 spiro atoms. The van der Waals surface area contributed by atoms with Gasteiger partial charge in [0.15, 0.2) is 11.5 Å². The van der Waals surface area contributed by atoms with Crippen LogP contribution in [0.2, 0.25) is 0 Å². The summed E-state index contributed by atoms with van der Waals surface area (Å²) in [6.45, 7) is 0. The molecule has 0 unspecified atom stereocenters. The fourth-order valence-corrected chi connectivity index (χ4v) is 2.55. The lowest BCUT2D eigenvalue weighted by atomic mass is 9.99. The number of carbonyl (C=O) groups is 1. The van der Waals surface area contributed by atoms with Gasteiger partial charge in [0, 0.05) is 17.1 Å². The third-order valence-corrected chi connectivity index (χ3v) is 3.64. The zero-order chi connectivity index (χ0) is 16.4. The Morgan fingerprint density at radius 1 is 1.09 bits per heavy atom. The van der Waals surface area contributed by atoms with Crippen LogP contribution in [0.15, 0.2) is 48.7 Å². The minimum absolute atomic E-state index is 0.143. The molecule has 0 bridgehead atoms. The van der Waals surface area contributed by atoms with Crippen molar-refractivity contribution in [1.82, 2.24) is 4.98 Å². The minimum atomic E-state index is -1.02. The first-order valence-corrected chi connectivity index (χ1v) is 6.98. The highest BCUT2D eigenvalue weighted by Gasteiger charge is 2.17. The molecule has 0 aliphatic heterocycles.